The van der Waals surface area contributed by atoms with E-state index in [2.05, 4.69) is 5.32 Å². The highest BCUT2D eigenvalue weighted by Crippen LogP contribution is 2.25. The molecule has 3 N–H and O–H groups in total. The van der Waals surface area contributed by atoms with Crippen LogP contribution in [-0.4, -0.2) is 31.2 Å². The van der Waals surface area contributed by atoms with Gasteiger partial charge in [-0.3, -0.25) is 4.79 Å². The van der Waals surface area contributed by atoms with Crippen LogP contribution in [0.2, 0.25) is 0 Å². The minimum atomic E-state index is -0.537. The van der Waals surface area contributed by atoms with Crippen LogP contribution >= 0.6 is 12.2 Å². The Labute approximate surface area is 111 Å². The van der Waals surface area contributed by atoms with E-state index >= 15 is 0 Å². The largest absolute Gasteiger partial charge is 0.495 e. The quantitative estimate of drug-likeness (QED) is 0.787. The summed E-state index contributed by atoms with van der Waals surface area (Å²) in [5, 5.41) is 2.71. The molecule has 0 saturated heterocycles. The van der Waals surface area contributed by atoms with Crippen molar-refractivity contribution in [1.29, 1.82) is 0 Å². The average molecular weight is 268 g/mol. The monoisotopic (exact) mass is 268 g/mol. The van der Waals surface area contributed by atoms with Crippen LogP contribution in [0.5, 0.6) is 5.75 Å². The summed E-state index contributed by atoms with van der Waals surface area (Å²) in [6.07, 6.45) is -0.537. The van der Waals surface area contributed by atoms with Crippen molar-refractivity contribution in [1.82, 2.24) is 0 Å². The molecule has 0 aliphatic heterocycles. The molecule has 1 aromatic rings. The number of hydrogen-bond donors (Lipinski definition) is 2. The lowest BCUT2D eigenvalue weighted by atomic mass is 10.2. The topological polar surface area (TPSA) is 73.6 Å². The predicted molar refractivity (Wildman–Crippen MR) is 74.0 cm³/mol. The molecule has 1 amide bonds. The van der Waals surface area contributed by atoms with Gasteiger partial charge in [0.05, 0.1) is 12.8 Å². The van der Waals surface area contributed by atoms with Gasteiger partial charge in [-0.1, -0.05) is 12.2 Å². The van der Waals surface area contributed by atoms with Gasteiger partial charge in [0.1, 0.15) is 16.8 Å². The van der Waals surface area contributed by atoms with Crippen molar-refractivity contribution >= 4 is 28.8 Å². The number of ether oxygens (including phenoxy) is 2. The van der Waals surface area contributed by atoms with Crippen LogP contribution in [0, 0.1) is 0 Å². The Bertz CT molecular complexity index is 463. The van der Waals surface area contributed by atoms with E-state index in [1.807, 2.05) is 0 Å². The predicted octanol–water partition coefficient (Wildman–Crippen LogP) is 1.30. The van der Waals surface area contributed by atoms with Crippen molar-refractivity contribution in [2.24, 2.45) is 5.73 Å². The summed E-state index contributed by atoms with van der Waals surface area (Å²) in [6.45, 7) is 1.66. The van der Waals surface area contributed by atoms with Gasteiger partial charge < -0.3 is 20.5 Å². The van der Waals surface area contributed by atoms with Gasteiger partial charge in [-0.15, -0.1) is 0 Å². The van der Waals surface area contributed by atoms with Crippen molar-refractivity contribution in [2.75, 3.05) is 19.5 Å². The Kier molecular flexibility index (Phi) is 5.06. The number of nitrogens with one attached hydrogen (secondary N) is 1. The standard InChI is InChI=1S/C12H16N2O3S/c1-7(16-2)12(15)14-9-5-4-8(11(13)18)6-10(9)17-3/h4-7H,1-3H3,(H2,13,18)(H,14,15). The molecule has 98 valence electrons. The first-order valence-electron chi connectivity index (χ1n) is 5.31. The molecule has 6 heteroatoms. The third-order valence-electron chi connectivity index (χ3n) is 2.47. The highest BCUT2D eigenvalue weighted by molar-refractivity contribution is 7.80. The first-order valence-corrected chi connectivity index (χ1v) is 5.72. The molecule has 1 atom stereocenters. The highest BCUT2D eigenvalue weighted by Gasteiger charge is 2.14. The normalized spacial score (nSPS) is 11.7. The molecule has 18 heavy (non-hydrogen) atoms. The summed E-state index contributed by atoms with van der Waals surface area (Å²) >= 11 is 4.88. The van der Waals surface area contributed by atoms with E-state index < -0.39 is 6.10 Å². The molecule has 0 spiro atoms. The molecule has 1 aromatic carbocycles. The number of nitrogens with two attached hydrogens (primary N) is 1. The van der Waals surface area contributed by atoms with Crippen molar-refractivity contribution in [3.8, 4) is 5.75 Å². The van der Waals surface area contributed by atoms with E-state index in [0.717, 1.165) is 0 Å². The Morgan fingerprint density at radius 2 is 2.11 bits per heavy atom. The maximum Gasteiger partial charge on any atom is 0.253 e. The number of amides is 1. The molecular formula is C12H16N2O3S. The van der Waals surface area contributed by atoms with E-state index in [9.17, 15) is 4.79 Å². The van der Waals surface area contributed by atoms with Gasteiger partial charge in [-0.05, 0) is 25.1 Å². The molecule has 1 unspecified atom stereocenters. The summed E-state index contributed by atoms with van der Waals surface area (Å²) in [4.78, 5) is 12.0. The number of carbonyl (C=O) groups is 1. The number of benzene rings is 1. The fourth-order valence-electron chi connectivity index (χ4n) is 1.29. The molecule has 1 rings (SSSR count). The smallest absolute Gasteiger partial charge is 0.253 e. The molecule has 0 aliphatic rings. The van der Waals surface area contributed by atoms with Crippen molar-refractivity contribution in [3.05, 3.63) is 23.8 Å². The summed E-state index contributed by atoms with van der Waals surface area (Å²) in [5.41, 5.74) is 6.75. The molecular weight excluding hydrogens is 252 g/mol. The first kappa shape index (κ1) is 14.4. The minimum absolute atomic E-state index is 0.251. The third-order valence-corrected chi connectivity index (χ3v) is 2.70. The number of hydrogen-bond acceptors (Lipinski definition) is 4. The van der Waals surface area contributed by atoms with Gasteiger partial charge in [0, 0.05) is 12.7 Å². The summed E-state index contributed by atoms with van der Waals surface area (Å²) in [5.74, 6) is 0.246. The average Bonchev–Trinajstić information content (AvgIpc) is 2.37. The molecule has 0 aromatic heterocycles. The fourth-order valence-corrected chi connectivity index (χ4v) is 1.42. The maximum atomic E-state index is 11.7. The van der Waals surface area contributed by atoms with Crippen LogP contribution in [0.4, 0.5) is 5.69 Å². The Morgan fingerprint density at radius 1 is 1.44 bits per heavy atom. The van der Waals surface area contributed by atoms with Crippen molar-refractivity contribution in [2.45, 2.75) is 13.0 Å². The van der Waals surface area contributed by atoms with Gasteiger partial charge in [0.15, 0.2) is 0 Å². The fraction of sp³-hybridized carbons (Fsp3) is 0.333. The maximum absolute atomic E-state index is 11.7. The van der Waals surface area contributed by atoms with Gasteiger partial charge in [-0.2, -0.15) is 0 Å². The molecule has 0 aliphatic carbocycles. The number of carbonyl (C=O) groups excluding carboxylic acids is 1. The van der Waals surface area contributed by atoms with E-state index in [-0.39, 0.29) is 10.9 Å². The van der Waals surface area contributed by atoms with Gasteiger partial charge in [0.2, 0.25) is 0 Å². The summed E-state index contributed by atoms with van der Waals surface area (Å²) in [7, 11) is 2.98. The molecule has 0 radical (unpaired) electrons. The molecule has 0 fully saturated rings. The lowest BCUT2D eigenvalue weighted by Gasteiger charge is -2.14. The number of rotatable bonds is 5. The van der Waals surface area contributed by atoms with Gasteiger partial charge in [0.25, 0.3) is 5.91 Å². The van der Waals surface area contributed by atoms with Crippen molar-refractivity contribution in [3.63, 3.8) is 0 Å². The second-order valence-corrected chi connectivity index (χ2v) is 4.09. The van der Waals surface area contributed by atoms with Gasteiger partial charge in [-0.25, -0.2) is 0 Å². The Hall–Kier alpha value is -1.66. The zero-order chi connectivity index (χ0) is 13.7. The Balaban J connectivity index is 2.96. The molecule has 0 saturated carbocycles. The van der Waals surface area contributed by atoms with Crippen LogP contribution in [-0.2, 0) is 9.53 Å². The van der Waals surface area contributed by atoms with Crippen LogP contribution < -0.4 is 15.8 Å². The van der Waals surface area contributed by atoms with E-state index in [1.165, 1.54) is 14.2 Å². The highest BCUT2D eigenvalue weighted by atomic mass is 32.1. The summed E-state index contributed by atoms with van der Waals surface area (Å²) in [6, 6.07) is 5.08. The zero-order valence-electron chi connectivity index (χ0n) is 10.5. The third kappa shape index (κ3) is 3.41. The number of anilines is 1. The number of thiocarbonyl (C=S) groups is 1. The van der Waals surface area contributed by atoms with E-state index in [1.54, 1.807) is 25.1 Å². The van der Waals surface area contributed by atoms with Crippen molar-refractivity contribution < 1.29 is 14.3 Å². The lowest BCUT2D eigenvalue weighted by molar-refractivity contribution is -0.124. The molecule has 0 bridgehead atoms. The molecule has 0 heterocycles. The summed E-state index contributed by atoms with van der Waals surface area (Å²) < 4.78 is 10.1. The molecule has 5 nitrogen and oxygen atoms in total. The second-order valence-electron chi connectivity index (χ2n) is 3.65. The van der Waals surface area contributed by atoms with E-state index in [0.29, 0.717) is 17.0 Å². The van der Waals surface area contributed by atoms with Crippen LogP contribution in [0.15, 0.2) is 18.2 Å². The zero-order valence-corrected chi connectivity index (χ0v) is 11.3. The van der Waals surface area contributed by atoms with Gasteiger partial charge >= 0.3 is 0 Å². The second kappa shape index (κ2) is 6.32. The van der Waals surface area contributed by atoms with E-state index in [4.69, 9.17) is 27.4 Å². The van der Waals surface area contributed by atoms with Crippen LogP contribution in [0.1, 0.15) is 12.5 Å². The lowest BCUT2D eigenvalue weighted by Crippen LogP contribution is -2.26. The van der Waals surface area contributed by atoms with Crippen LogP contribution in [0.3, 0.4) is 0 Å². The Morgan fingerprint density at radius 3 is 2.61 bits per heavy atom. The SMILES string of the molecule is COc1cc(C(N)=S)ccc1NC(=O)C(C)OC. The first-order chi connectivity index (χ1) is 8.49. The minimum Gasteiger partial charge on any atom is -0.495 e. The number of methoxy groups -OCH3 is 2. The van der Waals surface area contributed by atoms with Crippen LogP contribution in [0.25, 0.3) is 0 Å².